The Hall–Kier alpha value is -1.02. The van der Waals surface area contributed by atoms with E-state index in [0.29, 0.717) is 6.04 Å². The Kier molecular flexibility index (Phi) is 4.26. The van der Waals surface area contributed by atoms with Crippen LogP contribution in [0.25, 0.3) is 11.0 Å². The van der Waals surface area contributed by atoms with E-state index in [0.717, 1.165) is 17.3 Å². The highest BCUT2D eigenvalue weighted by Gasteiger charge is 2.26. The molecule has 0 N–H and O–H groups in total. The number of halogens is 1. The summed E-state index contributed by atoms with van der Waals surface area (Å²) in [6.07, 6.45) is 6.80. The van der Waals surface area contributed by atoms with Gasteiger partial charge in [-0.2, -0.15) is 0 Å². The van der Waals surface area contributed by atoms with Crippen molar-refractivity contribution in [2.24, 2.45) is 5.92 Å². The number of aryl methyl sites for hydroxylation is 1. The highest BCUT2D eigenvalue weighted by Crippen LogP contribution is 2.37. The summed E-state index contributed by atoms with van der Waals surface area (Å²) >= 11 is 6.43. The minimum atomic E-state index is -0.0529. The van der Waals surface area contributed by atoms with E-state index < -0.39 is 0 Å². The predicted molar refractivity (Wildman–Crippen MR) is 90.0 cm³/mol. The summed E-state index contributed by atoms with van der Waals surface area (Å²) in [6, 6.07) is 6.85. The third-order valence-corrected chi connectivity index (χ3v) is 5.23. The minimum absolute atomic E-state index is 0.0529. The molecule has 0 bridgehead atoms. The van der Waals surface area contributed by atoms with Crippen LogP contribution < -0.4 is 0 Å². The smallest absolute Gasteiger partial charge is 0.127 e. The van der Waals surface area contributed by atoms with Crippen molar-refractivity contribution in [3.8, 4) is 0 Å². The zero-order valence-electron chi connectivity index (χ0n) is 13.3. The molecule has 2 aromatic rings. The number of benzene rings is 1. The average molecular weight is 305 g/mol. The lowest BCUT2D eigenvalue weighted by Gasteiger charge is -2.30. The molecule has 1 aromatic heterocycles. The van der Waals surface area contributed by atoms with Gasteiger partial charge in [0.25, 0.3) is 0 Å². The Bertz CT molecular complexity index is 623. The van der Waals surface area contributed by atoms with E-state index in [9.17, 15) is 0 Å². The molecule has 21 heavy (non-hydrogen) atoms. The van der Waals surface area contributed by atoms with Gasteiger partial charge in [0.1, 0.15) is 5.82 Å². The summed E-state index contributed by atoms with van der Waals surface area (Å²) < 4.78 is 2.43. The number of imidazole rings is 1. The van der Waals surface area contributed by atoms with Gasteiger partial charge in [0, 0.05) is 6.04 Å². The van der Waals surface area contributed by atoms with Crippen LogP contribution in [0.4, 0.5) is 0 Å². The first-order chi connectivity index (χ1) is 10.1. The summed E-state index contributed by atoms with van der Waals surface area (Å²) in [5.74, 6) is 1.78. The molecular formula is C18H25ClN2. The number of nitrogens with zero attached hydrogens (tertiary/aromatic N) is 2. The van der Waals surface area contributed by atoms with Gasteiger partial charge in [-0.05, 0) is 51.2 Å². The summed E-state index contributed by atoms with van der Waals surface area (Å²) in [4.78, 5) is 4.82. The van der Waals surface area contributed by atoms with Gasteiger partial charge < -0.3 is 4.57 Å². The zero-order valence-corrected chi connectivity index (χ0v) is 14.0. The van der Waals surface area contributed by atoms with Crippen molar-refractivity contribution in [2.45, 2.75) is 64.3 Å². The third-order valence-electron chi connectivity index (χ3n) is 5.03. The van der Waals surface area contributed by atoms with E-state index in [1.54, 1.807) is 0 Å². The Morgan fingerprint density at radius 1 is 1.19 bits per heavy atom. The molecule has 2 nitrogen and oxygen atoms in total. The van der Waals surface area contributed by atoms with Crippen LogP contribution in [0.3, 0.4) is 0 Å². The van der Waals surface area contributed by atoms with Crippen molar-refractivity contribution < 1.29 is 0 Å². The molecule has 2 atom stereocenters. The minimum Gasteiger partial charge on any atom is -0.323 e. The number of para-hydroxylation sites is 1. The molecule has 1 fully saturated rings. The largest absolute Gasteiger partial charge is 0.323 e. The second kappa shape index (κ2) is 6.00. The topological polar surface area (TPSA) is 17.8 Å². The van der Waals surface area contributed by atoms with E-state index >= 15 is 0 Å². The summed E-state index contributed by atoms with van der Waals surface area (Å²) in [5.41, 5.74) is 3.66. The van der Waals surface area contributed by atoms with E-state index in [2.05, 4.69) is 36.6 Å². The molecule has 3 heteroatoms. The van der Waals surface area contributed by atoms with Gasteiger partial charge in [-0.1, -0.05) is 31.4 Å². The molecule has 114 valence electrons. The molecule has 0 spiro atoms. The molecule has 0 saturated heterocycles. The van der Waals surface area contributed by atoms with Crippen molar-refractivity contribution in [3.05, 3.63) is 29.6 Å². The molecule has 0 amide bonds. The van der Waals surface area contributed by atoms with E-state index in [4.69, 9.17) is 16.6 Å². The molecule has 3 rings (SSSR count). The SMILES string of the molecule is Cc1cccc2nc(C(C)Cl)n(C(C)C3CCCCC3)c12. The van der Waals surface area contributed by atoms with Crippen LogP contribution in [-0.4, -0.2) is 9.55 Å². The maximum atomic E-state index is 6.43. The van der Waals surface area contributed by atoms with Crippen molar-refractivity contribution in [3.63, 3.8) is 0 Å². The van der Waals surface area contributed by atoms with Gasteiger partial charge >= 0.3 is 0 Å². The first-order valence-corrected chi connectivity index (χ1v) is 8.64. The average Bonchev–Trinajstić information content (AvgIpc) is 2.88. The molecular weight excluding hydrogens is 280 g/mol. The summed E-state index contributed by atoms with van der Waals surface area (Å²) in [6.45, 7) is 6.56. The monoisotopic (exact) mass is 304 g/mol. The number of hydrogen-bond donors (Lipinski definition) is 0. The standard InChI is InChI=1S/C18H25ClN2/c1-12-8-7-11-16-17(12)21(18(20-16)13(2)19)14(3)15-9-5-4-6-10-15/h7-8,11,13-15H,4-6,9-10H2,1-3H3. The van der Waals surface area contributed by atoms with Gasteiger partial charge in [-0.15, -0.1) is 11.6 Å². The molecule has 1 aliphatic carbocycles. The van der Waals surface area contributed by atoms with E-state index in [1.165, 1.54) is 43.2 Å². The maximum Gasteiger partial charge on any atom is 0.127 e. The third kappa shape index (κ3) is 2.70. The van der Waals surface area contributed by atoms with Crippen molar-refractivity contribution >= 4 is 22.6 Å². The Morgan fingerprint density at radius 2 is 1.90 bits per heavy atom. The van der Waals surface area contributed by atoms with Crippen molar-refractivity contribution in [2.75, 3.05) is 0 Å². The summed E-state index contributed by atoms with van der Waals surface area (Å²) in [7, 11) is 0. The lowest BCUT2D eigenvalue weighted by Crippen LogP contribution is -2.21. The predicted octanol–water partition coefficient (Wildman–Crippen LogP) is 5.79. The van der Waals surface area contributed by atoms with Crippen LogP contribution in [0, 0.1) is 12.8 Å². The van der Waals surface area contributed by atoms with Crippen LogP contribution in [0.2, 0.25) is 0 Å². The molecule has 1 saturated carbocycles. The Balaban J connectivity index is 2.12. The number of aromatic nitrogens is 2. The highest BCUT2D eigenvalue weighted by molar-refractivity contribution is 6.20. The molecule has 0 radical (unpaired) electrons. The molecule has 2 unspecified atom stereocenters. The fourth-order valence-electron chi connectivity index (χ4n) is 3.86. The molecule has 1 aromatic carbocycles. The van der Waals surface area contributed by atoms with Gasteiger partial charge in [-0.25, -0.2) is 4.98 Å². The molecule has 1 aliphatic rings. The molecule has 0 aliphatic heterocycles. The zero-order chi connectivity index (χ0) is 15.0. The second-order valence-corrected chi connectivity index (χ2v) is 7.19. The van der Waals surface area contributed by atoms with E-state index in [1.807, 2.05) is 6.92 Å². The normalized spacial score (nSPS) is 19.8. The number of fused-ring (bicyclic) bond motifs is 1. The highest BCUT2D eigenvalue weighted by atomic mass is 35.5. The van der Waals surface area contributed by atoms with Crippen molar-refractivity contribution in [1.29, 1.82) is 0 Å². The van der Waals surface area contributed by atoms with Crippen LogP contribution in [0.1, 0.15) is 68.8 Å². The number of hydrogen-bond acceptors (Lipinski definition) is 1. The second-order valence-electron chi connectivity index (χ2n) is 6.54. The van der Waals surface area contributed by atoms with Gasteiger partial charge in [0.15, 0.2) is 0 Å². The van der Waals surface area contributed by atoms with Gasteiger partial charge in [0.05, 0.1) is 16.4 Å². The lowest BCUT2D eigenvalue weighted by molar-refractivity contribution is 0.264. The Morgan fingerprint density at radius 3 is 2.57 bits per heavy atom. The van der Waals surface area contributed by atoms with Gasteiger partial charge in [0.2, 0.25) is 0 Å². The molecule has 1 heterocycles. The van der Waals surface area contributed by atoms with Gasteiger partial charge in [-0.3, -0.25) is 0 Å². The fraction of sp³-hybridized carbons (Fsp3) is 0.611. The number of rotatable bonds is 3. The van der Waals surface area contributed by atoms with E-state index in [-0.39, 0.29) is 5.38 Å². The lowest BCUT2D eigenvalue weighted by atomic mass is 9.84. The van der Waals surface area contributed by atoms with Crippen molar-refractivity contribution in [1.82, 2.24) is 9.55 Å². The quantitative estimate of drug-likeness (QED) is 0.657. The van der Waals surface area contributed by atoms with Crippen LogP contribution in [0.5, 0.6) is 0 Å². The number of alkyl halides is 1. The Labute approximate surface area is 132 Å². The summed E-state index contributed by atoms with van der Waals surface area (Å²) in [5, 5.41) is -0.0529. The maximum absolute atomic E-state index is 6.43. The fourth-order valence-corrected chi connectivity index (χ4v) is 4.01. The first kappa shape index (κ1) is 14.9. The van der Waals surface area contributed by atoms with Crippen LogP contribution >= 0.6 is 11.6 Å². The first-order valence-electron chi connectivity index (χ1n) is 8.21. The van der Waals surface area contributed by atoms with Crippen LogP contribution in [-0.2, 0) is 0 Å². The van der Waals surface area contributed by atoms with Crippen LogP contribution in [0.15, 0.2) is 18.2 Å².